The van der Waals surface area contributed by atoms with Gasteiger partial charge >= 0.3 is 0 Å². The van der Waals surface area contributed by atoms with Crippen LogP contribution in [-0.2, 0) is 9.53 Å². The van der Waals surface area contributed by atoms with Crippen molar-refractivity contribution in [3.63, 3.8) is 0 Å². The number of ether oxygens (including phenoxy) is 1. The minimum Gasteiger partial charge on any atom is -0.377 e. The molecule has 1 amide bonds. The predicted octanol–water partition coefficient (Wildman–Crippen LogP) is 2.88. The van der Waals surface area contributed by atoms with Gasteiger partial charge in [0.25, 0.3) is 5.69 Å². The van der Waals surface area contributed by atoms with Crippen LogP contribution in [0.1, 0.15) is 33.6 Å². The topological polar surface area (TPSA) is 88.0 Å². The van der Waals surface area contributed by atoms with Crippen LogP contribution in [0.4, 0.5) is 17.1 Å². The molecule has 28 heavy (non-hydrogen) atoms. The quantitative estimate of drug-likeness (QED) is 0.614. The van der Waals surface area contributed by atoms with Crippen LogP contribution in [0.5, 0.6) is 0 Å². The average Bonchev–Trinajstić information content (AvgIpc) is 3.18. The maximum absolute atomic E-state index is 12.5. The van der Waals surface area contributed by atoms with Crippen LogP contribution in [0.3, 0.4) is 0 Å². The van der Waals surface area contributed by atoms with E-state index >= 15 is 0 Å². The molecule has 0 bridgehead atoms. The lowest BCUT2D eigenvalue weighted by atomic mass is 9.94. The molecular weight excluding hydrogens is 360 g/mol. The first-order valence-corrected chi connectivity index (χ1v) is 9.94. The van der Waals surface area contributed by atoms with Crippen molar-refractivity contribution in [2.75, 3.05) is 49.5 Å². The van der Waals surface area contributed by atoms with E-state index in [0.29, 0.717) is 38.4 Å². The Hall–Kier alpha value is -2.35. The van der Waals surface area contributed by atoms with Crippen LogP contribution in [-0.4, -0.2) is 61.2 Å². The highest BCUT2D eigenvalue weighted by Gasteiger charge is 2.30. The number of piperazine rings is 1. The van der Waals surface area contributed by atoms with Gasteiger partial charge in [-0.05, 0) is 25.0 Å². The van der Waals surface area contributed by atoms with E-state index in [2.05, 4.69) is 10.2 Å². The van der Waals surface area contributed by atoms with E-state index in [9.17, 15) is 14.9 Å². The number of benzene rings is 1. The number of nitro benzene ring substituents is 1. The van der Waals surface area contributed by atoms with Crippen molar-refractivity contribution in [1.29, 1.82) is 0 Å². The summed E-state index contributed by atoms with van der Waals surface area (Å²) in [5, 5.41) is 14.6. The maximum Gasteiger partial charge on any atom is 0.292 e. The van der Waals surface area contributed by atoms with E-state index < -0.39 is 0 Å². The molecule has 0 saturated carbocycles. The van der Waals surface area contributed by atoms with Gasteiger partial charge in [0.15, 0.2) is 0 Å². The lowest BCUT2D eigenvalue weighted by Gasteiger charge is -2.38. The summed E-state index contributed by atoms with van der Waals surface area (Å²) in [7, 11) is 0. The van der Waals surface area contributed by atoms with Gasteiger partial charge in [-0.3, -0.25) is 14.9 Å². The molecule has 2 aliphatic heterocycles. The van der Waals surface area contributed by atoms with Crippen molar-refractivity contribution in [1.82, 2.24) is 4.90 Å². The van der Waals surface area contributed by atoms with E-state index in [1.54, 1.807) is 12.1 Å². The Labute approximate surface area is 166 Å². The zero-order valence-corrected chi connectivity index (χ0v) is 16.9. The van der Waals surface area contributed by atoms with E-state index in [1.807, 2.05) is 31.7 Å². The van der Waals surface area contributed by atoms with Gasteiger partial charge in [0.05, 0.1) is 11.0 Å². The third-order valence-corrected chi connectivity index (χ3v) is 5.29. The van der Waals surface area contributed by atoms with Gasteiger partial charge in [-0.2, -0.15) is 0 Å². The second-order valence-corrected chi connectivity index (χ2v) is 8.50. The molecule has 2 heterocycles. The molecule has 0 unspecified atom stereocenters. The van der Waals surface area contributed by atoms with Crippen molar-refractivity contribution in [2.45, 2.75) is 39.7 Å². The molecule has 2 aliphatic rings. The lowest BCUT2D eigenvalue weighted by Crippen LogP contribution is -2.51. The fourth-order valence-corrected chi connectivity index (χ4v) is 3.69. The summed E-state index contributed by atoms with van der Waals surface area (Å²) in [6, 6.07) is 5.19. The third kappa shape index (κ3) is 4.73. The van der Waals surface area contributed by atoms with Crippen LogP contribution in [0.15, 0.2) is 18.2 Å². The van der Waals surface area contributed by atoms with Crippen molar-refractivity contribution in [2.24, 2.45) is 5.41 Å². The molecule has 1 atom stereocenters. The van der Waals surface area contributed by atoms with Gasteiger partial charge in [0.1, 0.15) is 5.69 Å². The third-order valence-electron chi connectivity index (χ3n) is 5.29. The Kier molecular flexibility index (Phi) is 6.07. The Bertz CT molecular complexity index is 717. The molecule has 1 aromatic rings. The molecule has 3 rings (SSSR count). The lowest BCUT2D eigenvalue weighted by molar-refractivity contribution is -0.383. The zero-order chi connectivity index (χ0) is 20.3. The number of carbonyl (C=O) groups excluding carboxylic acids is 1. The molecule has 2 saturated heterocycles. The van der Waals surface area contributed by atoms with Crippen molar-refractivity contribution in [3.05, 3.63) is 28.3 Å². The summed E-state index contributed by atoms with van der Waals surface area (Å²) in [5.74, 6) is 0.162. The summed E-state index contributed by atoms with van der Waals surface area (Å²) in [4.78, 5) is 27.6. The number of hydrogen-bond acceptors (Lipinski definition) is 6. The normalized spacial score (nSPS) is 20.3. The maximum atomic E-state index is 12.5. The molecular formula is C20H30N4O4. The van der Waals surface area contributed by atoms with Gasteiger partial charge in [0, 0.05) is 56.5 Å². The van der Waals surface area contributed by atoms with Crippen LogP contribution in [0, 0.1) is 15.5 Å². The highest BCUT2D eigenvalue weighted by atomic mass is 16.6. The summed E-state index contributed by atoms with van der Waals surface area (Å²) in [6.07, 6.45) is 2.12. The first-order chi connectivity index (χ1) is 13.3. The monoisotopic (exact) mass is 390 g/mol. The zero-order valence-electron chi connectivity index (χ0n) is 16.9. The molecule has 0 aromatic heterocycles. The van der Waals surface area contributed by atoms with Crippen molar-refractivity contribution >= 4 is 23.0 Å². The number of anilines is 2. The first-order valence-electron chi connectivity index (χ1n) is 9.94. The van der Waals surface area contributed by atoms with Gasteiger partial charge in [-0.1, -0.05) is 20.8 Å². The number of nitrogens with one attached hydrogen (secondary N) is 1. The molecule has 1 N–H and O–H groups in total. The average molecular weight is 390 g/mol. The molecule has 2 fully saturated rings. The molecule has 1 aromatic carbocycles. The Morgan fingerprint density at radius 1 is 1.29 bits per heavy atom. The fourth-order valence-electron chi connectivity index (χ4n) is 3.69. The molecule has 154 valence electrons. The van der Waals surface area contributed by atoms with E-state index in [1.165, 1.54) is 0 Å². The number of hydrogen-bond donors (Lipinski definition) is 1. The Morgan fingerprint density at radius 2 is 2.00 bits per heavy atom. The molecule has 0 radical (unpaired) electrons. The summed E-state index contributed by atoms with van der Waals surface area (Å²) in [6.45, 7) is 9.87. The largest absolute Gasteiger partial charge is 0.377 e. The number of carbonyl (C=O) groups is 1. The standard InChI is InChI=1S/C20H30N4O4/c1-20(2,3)19(25)23-10-8-22(9-11-23)15-6-7-18(24(26)27)17(13-15)21-14-16-5-4-12-28-16/h6-7,13,16,21H,4-5,8-12,14H2,1-3H3/t16-/m0/s1. The SMILES string of the molecule is CC(C)(C)C(=O)N1CCN(c2ccc([N+](=O)[O-])c(NC[C@@H]3CCCO3)c2)CC1. The van der Waals surface area contributed by atoms with Crippen LogP contribution in [0.2, 0.25) is 0 Å². The highest BCUT2D eigenvalue weighted by molar-refractivity contribution is 5.81. The van der Waals surface area contributed by atoms with Gasteiger partial charge in [0.2, 0.25) is 5.91 Å². The molecule has 8 heteroatoms. The first kappa shape index (κ1) is 20.4. The summed E-state index contributed by atoms with van der Waals surface area (Å²) in [5.41, 5.74) is 1.15. The predicted molar refractivity (Wildman–Crippen MR) is 109 cm³/mol. The van der Waals surface area contributed by atoms with Gasteiger partial charge < -0.3 is 19.9 Å². The molecule has 0 aliphatic carbocycles. The Morgan fingerprint density at radius 3 is 2.57 bits per heavy atom. The second-order valence-electron chi connectivity index (χ2n) is 8.50. The fraction of sp³-hybridized carbons (Fsp3) is 0.650. The number of amides is 1. The van der Waals surface area contributed by atoms with Crippen LogP contribution in [0.25, 0.3) is 0 Å². The number of rotatable bonds is 5. The minimum absolute atomic E-state index is 0.0725. The van der Waals surface area contributed by atoms with Crippen molar-refractivity contribution in [3.8, 4) is 0 Å². The number of nitro groups is 1. The van der Waals surface area contributed by atoms with Gasteiger partial charge in [-0.15, -0.1) is 0 Å². The smallest absolute Gasteiger partial charge is 0.292 e. The molecule has 0 spiro atoms. The van der Waals surface area contributed by atoms with Crippen LogP contribution >= 0.6 is 0 Å². The minimum atomic E-state index is -0.380. The summed E-state index contributed by atoms with van der Waals surface area (Å²) >= 11 is 0. The number of nitrogens with zero attached hydrogens (tertiary/aromatic N) is 3. The highest BCUT2D eigenvalue weighted by Crippen LogP contribution is 2.31. The van der Waals surface area contributed by atoms with Crippen molar-refractivity contribution < 1.29 is 14.5 Å². The van der Waals surface area contributed by atoms with Crippen LogP contribution < -0.4 is 10.2 Å². The van der Waals surface area contributed by atoms with E-state index in [0.717, 1.165) is 25.1 Å². The molecule has 8 nitrogen and oxygen atoms in total. The summed E-state index contributed by atoms with van der Waals surface area (Å²) < 4.78 is 5.60. The van der Waals surface area contributed by atoms with Gasteiger partial charge in [-0.25, -0.2) is 0 Å². The second kappa shape index (κ2) is 8.34. The van der Waals surface area contributed by atoms with E-state index in [4.69, 9.17) is 4.74 Å². The van der Waals surface area contributed by atoms with E-state index in [-0.39, 0.29) is 28.0 Å². The Balaban J connectivity index is 1.67.